The van der Waals surface area contributed by atoms with Gasteiger partial charge in [0, 0.05) is 37.1 Å². The maximum atomic E-state index is 13.1. The second-order valence-corrected chi connectivity index (χ2v) is 8.38. The molecule has 2 aromatic heterocycles. The molecule has 1 aliphatic rings. The molecular formula is C18H28N4OS. The maximum absolute atomic E-state index is 13.1. The van der Waals surface area contributed by atoms with Crippen molar-refractivity contribution < 1.29 is 0 Å². The van der Waals surface area contributed by atoms with Gasteiger partial charge in [0.05, 0.1) is 5.39 Å². The van der Waals surface area contributed by atoms with Gasteiger partial charge in [-0.15, -0.1) is 11.3 Å². The molecule has 1 fully saturated rings. The zero-order chi connectivity index (χ0) is 17.4. The van der Waals surface area contributed by atoms with Crippen molar-refractivity contribution in [2.45, 2.75) is 39.7 Å². The molecule has 5 nitrogen and oxygen atoms in total. The Morgan fingerprint density at radius 1 is 1.21 bits per heavy atom. The summed E-state index contributed by atoms with van der Waals surface area (Å²) in [7, 11) is 4.23. The Balaban J connectivity index is 1.83. The monoisotopic (exact) mass is 348 g/mol. The smallest absolute Gasteiger partial charge is 0.262 e. The van der Waals surface area contributed by atoms with E-state index in [1.165, 1.54) is 4.88 Å². The Hall–Kier alpha value is -1.24. The molecule has 0 bridgehead atoms. The number of likely N-dealkylation sites (tertiary alicyclic amines) is 1. The minimum absolute atomic E-state index is 0.158. The minimum Gasteiger partial charge on any atom is -0.308 e. The van der Waals surface area contributed by atoms with Crippen molar-refractivity contribution in [3.8, 4) is 0 Å². The van der Waals surface area contributed by atoms with E-state index in [1.54, 1.807) is 11.3 Å². The fourth-order valence-corrected chi connectivity index (χ4v) is 4.65. The number of fused-ring (bicyclic) bond motifs is 1. The minimum atomic E-state index is 0.158. The van der Waals surface area contributed by atoms with Crippen LogP contribution in [-0.4, -0.2) is 59.6 Å². The third-order valence-electron chi connectivity index (χ3n) is 5.20. The number of aryl methyl sites for hydroxylation is 3. The number of thiophene rings is 1. The number of hydrogen-bond acceptors (Lipinski definition) is 5. The highest BCUT2D eigenvalue weighted by Crippen LogP contribution is 2.28. The molecule has 0 spiro atoms. The van der Waals surface area contributed by atoms with Crippen molar-refractivity contribution in [2.75, 3.05) is 40.3 Å². The van der Waals surface area contributed by atoms with Crippen LogP contribution in [0, 0.1) is 20.8 Å². The zero-order valence-electron chi connectivity index (χ0n) is 15.4. The fraction of sp³-hybridized carbons (Fsp3) is 0.667. The lowest BCUT2D eigenvalue weighted by atomic mass is 10.0. The highest BCUT2D eigenvalue weighted by atomic mass is 32.1. The number of likely N-dealkylation sites (N-methyl/N-ethyl adjacent to an activating group) is 1. The number of aromatic nitrogens is 2. The molecule has 0 unspecified atom stereocenters. The summed E-state index contributed by atoms with van der Waals surface area (Å²) in [6.45, 7) is 10.4. The molecule has 24 heavy (non-hydrogen) atoms. The topological polar surface area (TPSA) is 41.4 Å². The third kappa shape index (κ3) is 3.27. The van der Waals surface area contributed by atoms with Crippen molar-refractivity contribution in [1.29, 1.82) is 0 Å². The lowest BCUT2D eigenvalue weighted by Gasteiger charge is -2.34. The molecule has 0 amide bonds. The molecule has 0 radical (unpaired) electrons. The van der Waals surface area contributed by atoms with Crippen LogP contribution in [0.15, 0.2) is 4.79 Å². The van der Waals surface area contributed by atoms with Crippen LogP contribution in [0.5, 0.6) is 0 Å². The second kappa shape index (κ2) is 6.94. The van der Waals surface area contributed by atoms with E-state index in [-0.39, 0.29) is 11.6 Å². The van der Waals surface area contributed by atoms with E-state index >= 15 is 0 Å². The standard InChI is InChI=1S/C18H28N4OS/c1-12-13(2)24-17-16(12)18(23)22(14(3)19-17)15-6-8-21(9-7-15)11-10-20(4)5/h15H,6-11H2,1-5H3. The molecular weight excluding hydrogens is 320 g/mol. The molecule has 0 atom stereocenters. The van der Waals surface area contributed by atoms with Crippen LogP contribution in [0.25, 0.3) is 10.2 Å². The van der Waals surface area contributed by atoms with Gasteiger partial charge in [-0.2, -0.15) is 0 Å². The number of hydrogen-bond donors (Lipinski definition) is 0. The Labute approximate surface area is 147 Å². The highest BCUT2D eigenvalue weighted by molar-refractivity contribution is 7.18. The quantitative estimate of drug-likeness (QED) is 0.852. The largest absolute Gasteiger partial charge is 0.308 e. The Bertz CT molecular complexity index is 784. The highest BCUT2D eigenvalue weighted by Gasteiger charge is 2.24. The summed E-state index contributed by atoms with van der Waals surface area (Å²) in [6, 6.07) is 0.282. The molecule has 0 aliphatic carbocycles. The van der Waals surface area contributed by atoms with E-state index in [2.05, 4.69) is 30.8 Å². The van der Waals surface area contributed by atoms with Crippen molar-refractivity contribution in [3.63, 3.8) is 0 Å². The van der Waals surface area contributed by atoms with Gasteiger partial charge in [0.1, 0.15) is 10.7 Å². The lowest BCUT2D eigenvalue weighted by Crippen LogP contribution is -2.41. The summed E-state index contributed by atoms with van der Waals surface area (Å²) in [5.41, 5.74) is 1.26. The van der Waals surface area contributed by atoms with Gasteiger partial charge in [0.25, 0.3) is 5.56 Å². The first-order valence-electron chi connectivity index (χ1n) is 8.74. The molecule has 1 aliphatic heterocycles. The summed E-state index contributed by atoms with van der Waals surface area (Å²) < 4.78 is 1.96. The van der Waals surface area contributed by atoms with Gasteiger partial charge in [-0.25, -0.2) is 4.98 Å². The second-order valence-electron chi connectivity index (χ2n) is 7.17. The van der Waals surface area contributed by atoms with Crippen LogP contribution >= 0.6 is 11.3 Å². The average molecular weight is 349 g/mol. The van der Waals surface area contributed by atoms with E-state index in [1.807, 2.05) is 18.4 Å². The molecule has 3 rings (SSSR count). The van der Waals surface area contributed by atoms with Crippen molar-refractivity contribution in [1.82, 2.24) is 19.4 Å². The zero-order valence-corrected chi connectivity index (χ0v) is 16.2. The molecule has 0 N–H and O–H groups in total. The van der Waals surface area contributed by atoms with Crippen LogP contribution in [0.3, 0.4) is 0 Å². The van der Waals surface area contributed by atoms with Crippen molar-refractivity contribution in [3.05, 3.63) is 26.6 Å². The first-order chi connectivity index (χ1) is 11.4. The van der Waals surface area contributed by atoms with Gasteiger partial charge in [-0.3, -0.25) is 9.36 Å². The Morgan fingerprint density at radius 3 is 2.50 bits per heavy atom. The maximum Gasteiger partial charge on any atom is 0.262 e. The molecule has 0 saturated carbocycles. The van der Waals surface area contributed by atoms with Gasteiger partial charge in [-0.1, -0.05) is 0 Å². The van der Waals surface area contributed by atoms with E-state index < -0.39 is 0 Å². The summed E-state index contributed by atoms with van der Waals surface area (Å²) >= 11 is 1.63. The summed E-state index contributed by atoms with van der Waals surface area (Å²) in [4.78, 5) is 24.6. The first-order valence-corrected chi connectivity index (χ1v) is 9.56. The van der Waals surface area contributed by atoms with Crippen LogP contribution < -0.4 is 5.56 Å². The SMILES string of the molecule is Cc1sc2nc(C)n(C3CCN(CCN(C)C)CC3)c(=O)c2c1C. The first kappa shape index (κ1) is 17.6. The van der Waals surface area contributed by atoms with Gasteiger partial charge in [-0.05, 0) is 53.3 Å². The molecule has 132 valence electrons. The van der Waals surface area contributed by atoms with E-state index in [4.69, 9.17) is 4.98 Å². The Kier molecular flexibility index (Phi) is 5.08. The van der Waals surface area contributed by atoms with Crippen molar-refractivity contribution in [2.24, 2.45) is 0 Å². The molecule has 3 heterocycles. The summed E-state index contributed by atoms with van der Waals surface area (Å²) in [6.07, 6.45) is 2.06. The molecule has 2 aromatic rings. The van der Waals surface area contributed by atoms with Crippen LogP contribution in [-0.2, 0) is 0 Å². The lowest BCUT2D eigenvalue weighted by molar-refractivity contribution is 0.170. The predicted octanol–water partition coefficient (Wildman–Crippen LogP) is 2.58. The van der Waals surface area contributed by atoms with Gasteiger partial charge < -0.3 is 9.80 Å². The van der Waals surface area contributed by atoms with Crippen LogP contribution in [0.1, 0.15) is 35.1 Å². The van der Waals surface area contributed by atoms with Gasteiger partial charge in [0.2, 0.25) is 0 Å². The molecule has 1 saturated heterocycles. The predicted molar refractivity (Wildman–Crippen MR) is 101 cm³/mol. The van der Waals surface area contributed by atoms with E-state index in [9.17, 15) is 4.79 Å². The number of piperidine rings is 1. The number of rotatable bonds is 4. The van der Waals surface area contributed by atoms with Gasteiger partial charge >= 0.3 is 0 Å². The van der Waals surface area contributed by atoms with Crippen LogP contribution in [0.2, 0.25) is 0 Å². The van der Waals surface area contributed by atoms with Crippen molar-refractivity contribution >= 4 is 21.6 Å². The van der Waals surface area contributed by atoms with E-state index in [0.29, 0.717) is 0 Å². The van der Waals surface area contributed by atoms with E-state index in [0.717, 1.165) is 60.6 Å². The molecule has 0 aromatic carbocycles. The average Bonchev–Trinajstić information content (AvgIpc) is 2.81. The summed E-state index contributed by atoms with van der Waals surface area (Å²) in [5.74, 6) is 0.862. The van der Waals surface area contributed by atoms with Crippen LogP contribution in [0.4, 0.5) is 0 Å². The summed E-state index contributed by atoms with van der Waals surface area (Å²) in [5, 5.41) is 0.832. The van der Waals surface area contributed by atoms with Gasteiger partial charge in [0.15, 0.2) is 0 Å². The molecule has 6 heteroatoms. The third-order valence-corrected chi connectivity index (χ3v) is 6.30. The Morgan fingerprint density at radius 2 is 1.88 bits per heavy atom. The fourth-order valence-electron chi connectivity index (χ4n) is 3.58. The number of nitrogens with zero attached hydrogens (tertiary/aromatic N) is 4. The normalized spacial score (nSPS) is 17.2.